The highest BCUT2D eigenvalue weighted by atomic mass is 32.2. The van der Waals surface area contributed by atoms with Gasteiger partial charge in [0.2, 0.25) is 5.91 Å². The number of hydrogen-bond acceptors (Lipinski definition) is 5. The highest BCUT2D eigenvalue weighted by Gasteiger charge is 2.32. The summed E-state index contributed by atoms with van der Waals surface area (Å²) in [7, 11) is -3.10. The van der Waals surface area contributed by atoms with Crippen LogP contribution in [0.1, 0.15) is 11.6 Å². The molecule has 1 aliphatic heterocycles. The van der Waals surface area contributed by atoms with Gasteiger partial charge in [-0.25, -0.2) is 22.2 Å². The van der Waals surface area contributed by atoms with Crippen LogP contribution in [0.4, 0.5) is 14.5 Å². The first-order valence-corrected chi connectivity index (χ1v) is 12.9. The van der Waals surface area contributed by atoms with Crippen molar-refractivity contribution in [3.05, 3.63) is 83.9 Å². The Bertz CT molecular complexity index is 1490. The molecule has 1 aromatic heterocycles. The summed E-state index contributed by atoms with van der Waals surface area (Å²) >= 11 is 0. The van der Waals surface area contributed by atoms with Crippen molar-refractivity contribution in [3.63, 3.8) is 0 Å². The van der Waals surface area contributed by atoms with E-state index in [9.17, 15) is 22.0 Å². The molecule has 4 aromatic rings. The number of halogens is 2. The molecule has 2 N–H and O–H groups in total. The molecule has 35 heavy (non-hydrogen) atoms. The van der Waals surface area contributed by atoms with Crippen molar-refractivity contribution < 1.29 is 22.0 Å². The van der Waals surface area contributed by atoms with E-state index >= 15 is 0 Å². The van der Waals surface area contributed by atoms with Crippen LogP contribution in [-0.4, -0.2) is 53.8 Å². The first-order chi connectivity index (χ1) is 16.8. The summed E-state index contributed by atoms with van der Waals surface area (Å²) < 4.78 is 51.6. The van der Waals surface area contributed by atoms with Crippen LogP contribution in [0, 0.1) is 11.6 Å². The molecule has 0 aliphatic carbocycles. The monoisotopic (exact) mass is 496 g/mol. The van der Waals surface area contributed by atoms with E-state index < -0.39 is 27.5 Å². The number of aromatic amines is 1. The average molecular weight is 497 g/mol. The minimum absolute atomic E-state index is 0.00311. The van der Waals surface area contributed by atoms with Gasteiger partial charge in [0.15, 0.2) is 9.84 Å². The Balaban J connectivity index is 1.42. The van der Waals surface area contributed by atoms with Gasteiger partial charge in [-0.05, 0) is 42.0 Å². The molecule has 1 fully saturated rings. The molecule has 1 aliphatic rings. The highest BCUT2D eigenvalue weighted by molar-refractivity contribution is 7.91. The number of nitrogens with one attached hydrogen (secondary N) is 2. The van der Waals surface area contributed by atoms with Crippen LogP contribution in [0.2, 0.25) is 0 Å². The molecule has 1 atom stereocenters. The summed E-state index contributed by atoms with van der Waals surface area (Å²) in [6, 6.07) is 16.7. The first-order valence-electron chi connectivity index (χ1n) is 11.0. The summed E-state index contributed by atoms with van der Waals surface area (Å²) in [5.74, 6) is -1.30. The van der Waals surface area contributed by atoms with Crippen molar-refractivity contribution >= 4 is 32.5 Å². The van der Waals surface area contributed by atoms with Crippen molar-refractivity contribution in [2.75, 3.05) is 29.9 Å². The summed E-state index contributed by atoms with van der Waals surface area (Å²) in [6.45, 7) is 0.523. The lowest BCUT2D eigenvalue weighted by Gasteiger charge is -2.33. The Kier molecular flexibility index (Phi) is 6.08. The minimum Gasteiger partial charge on any atom is -0.338 e. The van der Waals surface area contributed by atoms with E-state index in [4.69, 9.17) is 0 Å². The maximum absolute atomic E-state index is 14.2. The van der Waals surface area contributed by atoms with Gasteiger partial charge in [0.05, 0.1) is 28.1 Å². The number of H-pyrrole nitrogens is 1. The van der Waals surface area contributed by atoms with Crippen molar-refractivity contribution in [3.8, 4) is 11.4 Å². The van der Waals surface area contributed by atoms with E-state index in [1.54, 1.807) is 18.2 Å². The smallest absolute Gasteiger partial charge is 0.246 e. The number of fused-ring (bicyclic) bond motifs is 1. The van der Waals surface area contributed by atoms with Gasteiger partial charge in [-0.1, -0.05) is 30.3 Å². The molecule has 1 saturated heterocycles. The molecule has 7 nitrogen and oxygen atoms in total. The second kappa shape index (κ2) is 9.20. The van der Waals surface area contributed by atoms with E-state index in [1.165, 1.54) is 0 Å². The number of carbonyl (C=O) groups is 1. The van der Waals surface area contributed by atoms with Crippen LogP contribution in [0.5, 0.6) is 0 Å². The second-order valence-electron chi connectivity index (χ2n) is 8.43. The predicted molar refractivity (Wildman–Crippen MR) is 129 cm³/mol. The van der Waals surface area contributed by atoms with E-state index in [-0.39, 0.29) is 41.9 Å². The third-order valence-electron chi connectivity index (χ3n) is 6.04. The number of imidazole rings is 1. The van der Waals surface area contributed by atoms with Gasteiger partial charge in [0.25, 0.3) is 0 Å². The number of carbonyl (C=O) groups excluding carboxylic acids is 1. The molecule has 1 amide bonds. The number of aromatic nitrogens is 2. The number of anilines is 1. The van der Waals surface area contributed by atoms with Crippen molar-refractivity contribution in [2.45, 2.75) is 6.04 Å². The zero-order chi connectivity index (χ0) is 24.6. The zero-order valence-corrected chi connectivity index (χ0v) is 19.4. The average Bonchev–Trinajstić information content (AvgIpc) is 3.26. The Hall–Kier alpha value is -3.63. The first kappa shape index (κ1) is 23.1. The number of benzene rings is 3. The largest absolute Gasteiger partial charge is 0.338 e. The quantitative estimate of drug-likeness (QED) is 0.437. The fraction of sp³-hybridized carbons (Fsp3) is 0.200. The van der Waals surface area contributed by atoms with Gasteiger partial charge in [-0.3, -0.25) is 9.69 Å². The molecular formula is C25H22F2N4O3S. The summed E-state index contributed by atoms with van der Waals surface area (Å²) in [4.78, 5) is 22.6. The third kappa shape index (κ3) is 4.94. The normalized spacial score (nSPS) is 16.7. The number of sulfone groups is 1. The molecule has 2 heterocycles. The van der Waals surface area contributed by atoms with E-state index in [2.05, 4.69) is 15.3 Å². The summed E-state index contributed by atoms with van der Waals surface area (Å²) in [5, 5.41) is 2.91. The van der Waals surface area contributed by atoms with Gasteiger partial charge in [-0.15, -0.1) is 0 Å². The topological polar surface area (TPSA) is 95.2 Å². The van der Waals surface area contributed by atoms with Crippen molar-refractivity contribution in [1.82, 2.24) is 14.9 Å². The summed E-state index contributed by atoms with van der Waals surface area (Å²) in [6.07, 6.45) is 0. The molecule has 5 rings (SSSR count). The molecule has 0 bridgehead atoms. The maximum Gasteiger partial charge on any atom is 0.246 e. The van der Waals surface area contributed by atoms with Gasteiger partial charge in [0.1, 0.15) is 23.5 Å². The van der Waals surface area contributed by atoms with E-state index in [0.717, 1.165) is 23.8 Å². The Labute approximate surface area is 200 Å². The van der Waals surface area contributed by atoms with Crippen LogP contribution in [0.25, 0.3) is 22.4 Å². The number of hydrogen-bond donors (Lipinski definition) is 2. The van der Waals surface area contributed by atoms with Crippen LogP contribution in [0.15, 0.2) is 66.7 Å². The van der Waals surface area contributed by atoms with Gasteiger partial charge < -0.3 is 10.3 Å². The van der Waals surface area contributed by atoms with Crippen LogP contribution in [0.3, 0.4) is 0 Å². The van der Waals surface area contributed by atoms with Crippen LogP contribution >= 0.6 is 0 Å². The number of nitrogens with zero attached hydrogens (tertiary/aromatic N) is 2. The lowest BCUT2D eigenvalue weighted by atomic mass is 10.0. The molecule has 1 unspecified atom stereocenters. The fourth-order valence-corrected chi connectivity index (χ4v) is 5.48. The highest BCUT2D eigenvalue weighted by Crippen LogP contribution is 2.28. The lowest BCUT2D eigenvalue weighted by molar-refractivity contribution is -0.121. The standard InChI is InChI=1S/C25H22F2N4O3S/c26-17-6-8-20(27)19(14-17)24-29-21-9-7-18(15-22(21)30-24)28-25(32)23(16-4-2-1-3-5-16)31-10-12-35(33,34)13-11-31/h1-9,14-15,23H,10-13H2,(H,28,32)(H,29,30). The Morgan fingerprint density at radius 3 is 2.49 bits per heavy atom. The minimum atomic E-state index is -3.10. The van der Waals surface area contributed by atoms with Gasteiger partial charge in [0, 0.05) is 18.8 Å². The Morgan fingerprint density at radius 2 is 1.74 bits per heavy atom. The van der Waals surface area contributed by atoms with Crippen molar-refractivity contribution in [1.29, 1.82) is 0 Å². The van der Waals surface area contributed by atoms with Crippen LogP contribution < -0.4 is 5.32 Å². The summed E-state index contributed by atoms with van der Waals surface area (Å²) in [5.41, 5.74) is 2.33. The zero-order valence-electron chi connectivity index (χ0n) is 18.5. The number of rotatable bonds is 5. The molecule has 3 aromatic carbocycles. The maximum atomic E-state index is 14.2. The predicted octanol–water partition coefficient (Wildman–Crippen LogP) is 3.92. The Morgan fingerprint density at radius 1 is 1.00 bits per heavy atom. The molecular weight excluding hydrogens is 474 g/mol. The molecule has 0 spiro atoms. The second-order valence-corrected chi connectivity index (χ2v) is 10.7. The van der Waals surface area contributed by atoms with Crippen LogP contribution in [-0.2, 0) is 14.6 Å². The fourth-order valence-electron chi connectivity index (χ4n) is 4.25. The molecule has 0 radical (unpaired) electrons. The SMILES string of the molecule is O=C(Nc1ccc2nc(-c3cc(F)ccc3F)[nH]c2c1)C(c1ccccc1)N1CCS(=O)(=O)CC1. The molecule has 180 valence electrons. The lowest BCUT2D eigenvalue weighted by Crippen LogP contribution is -2.46. The van der Waals surface area contributed by atoms with Gasteiger partial charge in [-0.2, -0.15) is 0 Å². The molecule has 0 saturated carbocycles. The van der Waals surface area contributed by atoms with Gasteiger partial charge >= 0.3 is 0 Å². The third-order valence-corrected chi connectivity index (χ3v) is 7.65. The molecule has 10 heteroatoms. The van der Waals surface area contributed by atoms with Crippen molar-refractivity contribution in [2.24, 2.45) is 0 Å². The number of amides is 1. The van der Waals surface area contributed by atoms with E-state index in [0.29, 0.717) is 16.7 Å². The van der Waals surface area contributed by atoms with E-state index in [1.807, 2.05) is 35.2 Å².